The highest BCUT2D eigenvalue weighted by Crippen LogP contribution is 2.32. The van der Waals surface area contributed by atoms with E-state index in [-0.39, 0.29) is 38.0 Å². The van der Waals surface area contributed by atoms with Crippen LogP contribution in [0.15, 0.2) is 36.4 Å². The third-order valence-corrected chi connectivity index (χ3v) is 4.20. The Balaban J connectivity index is 0.00000420. The van der Waals surface area contributed by atoms with Gasteiger partial charge in [0.05, 0.1) is 0 Å². The molecule has 0 aliphatic carbocycles. The first-order chi connectivity index (χ1) is 13.3. The summed E-state index contributed by atoms with van der Waals surface area (Å²) in [5.74, 6) is 1.12. The van der Waals surface area contributed by atoms with Gasteiger partial charge in [0.1, 0.15) is 25.4 Å². The smallest absolute Gasteiger partial charge is 0.161 e. The lowest BCUT2D eigenvalue weighted by Gasteiger charge is -2.19. The zero-order valence-corrected chi connectivity index (χ0v) is 19.8. The third kappa shape index (κ3) is 10.2. The van der Waals surface area contributed by atoms with Crippen LogP contribution < -0.4 is 20.1 Å². The van der Waals surface area contributed by atoms with E-state index in [2.05, 4.69) is 10.6 Å². The molecule has 6 nitrogen and oxygen atoms in total. The maximum atomic E-state index is 10.1. The fraction of sp³-hybridized carbons (Fsp3) is 0.545. The maximum Gasteiger partial charge on any atom is 0.161 e. The molecule has 0 spiro atoms. The van der Waals surface area contributed by atoms with Gasteiger partial charge in [-0.05, 0) is 22.9 Å². The predicted octanol–water partition coefficient (Wildman–Crippen LogP) is 3.16. The van der Waals surface area contributed by atoms with Gasteiger partial charge in [0, 0.05) is 25.2 Å². The van der Waals surface area contributed by atoms with Gasteiger partial charge in [-0.25, -0.2) is 0 Å². The lowest BCUT2D eigenvalue weighted by molar-refractivity contribution is 0.0911. The minimum atomic E-state index is -0.623. The fourth-order valence-corrected chi connectivity index (χ4v) is 2.66. The van der Waals surface area contributed by atoms with Crippen molar-refractivity contribution in [1.29, 1.82) is 0 Å². The predicted molar refractivity (Wildman–Crippen MR) is 128 cm³/mol. The van der Waals surface area contributed by atoms with Gasteiger partial charge >= 0.3 is 0 Å². The highest BCUT2D eigenvalue weighted by atomic mass is 35.5. The van der Waals surface area contributed by atoms with E-state index < -0.39 is 12.2 Å². The van der Waals surface area contributed by atoms with Crippen LogP contribution in [0.1, 0.15) is 27.7 Å². The number of nitrogens with one attached hydrogen (secondary N) is 2. The highest BCUT2D eigenvalue weighted by molar-refractivity contribution is 5.86. The summed E-state index contributed by atoms with van der Waals surface area (Å²) in [5.41, 5.74) is 0. The standard InChI is InChI=1S/C22H34N2O4.2ClH/c1-15(2)23-11-19(25)13-27-21-9-17-7-5-6-8-18(17)10-22(21)28-14-20(26)12-24-16(3)4;;/h5-10,15-16,19-20,23-26H,11-14H2,1-4H3;2*1H. The molecule has 30 heavy (non-hydrogen) atoms. The molecule has 0 saturated carbocycles. The Hall–Kier alpha value is -1.28. The summed E-state index contributed by atoms with van der Waals surface area (Å²) in [5, 5.41) is 28.7. The number of hydrogen-bond acceptors (Lipinski definition) is 6. The Labute approximate surface area is 192 Å². The Bertz CT molecular complexity index is 671. The lowest BCUT2D eigenvalue weighted by Crippen LogP contribution is -2.35. The van der Waals surface area contributed by atoms with E-state index in [1.807, 2.05) is 64.1 Å². The zero-order valence-electron chi connectivity index (χ0n) is 18.1. The molecule has 0 radical (unpaired) electrons. The molecule has 2 unspecified atom stereocenters. The first kappa shape index (κ1) is 28.7. The summed E-state index contributed by atoms with van der Waals surface area (Å²) in [6.45, 7) is 9.36. The van der Waals surface area contributed by atoms with Gasteiger partial charge in [-0.1, -0.05) is 52.0 Å². The molecule has 2 atom stereocenters. The van der Waals surface area contributed by atoms with Gasteiger partial charge in [-0.2, -0.15) is 0 Å². The van der Waals surface area contributed by atoms with Crippen LogP contribution in [0.5, 0.6) is 11.5 Å². The second kappa shape index (κ2) is 14.7. The van der Waals surface area contributed by atoms with Crippen LogP contribution in [0.25, 0.3) is 10.8 Å². The highest BCUT2D eigenvalue weighted by Gasteiger charge is 2.13. The average Bonchev–Trinajstić information content (AvgIpc) is 2.67. The largest absolute Gasteiger partial charge is 0.487 e. The lowest BCUT2D eigenvalue weighted by atomic mass is 10.1. The summed E-state index contributed by atoms with van der Waals surface area (Å²) < 4.78 is 11.7. The molecule has 172 valence electrons. The molecule has 0 aliphatic heterocycles. The monoisotopic (exact) mass is 462 g/mol. The van der Waals surface area contributed by atoms with Crippen molar-refractivity contribution in [2.75, 3.05) is 26.3 Å². The van der Waals surface area contributed by atoms with Crippen LogP contribution in [0.2, 0.25) is 0 Å². The Morgan fingerprint density at radius 3 is 1.43 bits per heavy atom. The SMILES string of the molecule is CC(C)NCC(O)COc1cc2ccccc2cc1OCC(O)CNC(C)C.Cl.Cl. The molecular weight excluding hydrogens is 427 g/mol. The van der Waals surface area contributed by atoms with Crippen molar-refractivity contribution in [3.63, 3.8) is 0 Å². The topological polar surface area (TPSA) is 83.0 Å². The molecule has 4 N–H and O–H groups in total. The van der Waals surface area contributed by atoms with Crippen LogP contribution in [-0.2, 0) is 0 Å². The molecule has 0 aromatic heterocycles. The van der Waals surface area contributed by atoms with Crippen molar-refractivity contribution in [3.05, 3.63) is 36.4 Å². The molecule has 0 aliphatic rings. The van der Waals surface area contributed by atoms with Crippen LogP contribution in [0.3, 0.4) is 0 Å². The molecular formula is C22H36Cl2N2O4. The van der Waals surface area contributed by atoms with E-state index >= 15 is 0 Å². The van der Waals surface area contributed by atoms with Gasteiger partial charge < -0.3 is 30.3 Å². The number of benzene rings is 2. The number of aliphatic hydroxyl groups is 2. The normalized spacial score (nSPS) is 12.9. The number of aliphatic hydroxyl groups excluding tert-OH is 2. The molecule has 0 fully saturated rings. The van der Waals surface area contributed by atoms with Crippen molar-refractivity contribution in [2.45, 2.75) is 52.0 Å². The minimum Gasteiger partial charge on any atom is -0.487 e. The number of hydrogen-bond donors (Lipinski definition) is 4. The van der Waals surface area contributed by atoms with E-state index in [4.69, 9.17) is 9.47 Å². The first-order valence-electron chi connectivity index (χ1n) is 9.96. The summed E-state index contributed by atoms with van der Waals surface area (Å²) in [4.78, 5) is 0. The van der Waals surface area contributed by atoms with E-state index in [0.29, 0.717) is 36.7 Å². The average molecular weight is 463 g/mol. The number of halogens is 2. The molecule has 2 aromatic carbocycles. The van der Waals surface area contributed by atoms with E-state index in [1.54, 1.807) is 0 Å². The summed E-state index contributed by atoms with van der Waals surface area (Å²) in [6.07, 6.45) is -1.25. The second-order valence-electron chi connectivity index (χ2n) is 7.70. The zero-order chi connectivity index (χ0) is 20.5. The number of ether oxygens (including phenoxy) is 2. The van der Waals surface area contributed by atoms with Crippen LogP contribution in [0.4, 0.5) is 0 Å². The fourth-order valence-electron chi connectivity index (χ4n) is 2.66. The van der Waals surface area contributed by atoms with Gasteiger partial charge in [0.25, 0.3) is 0 Å². The van der Waals surface area contributed by atoms with Crippen molar-refractivity contribution >= 4 is 35.6 Å². The molecule has 8 heteroatoms. The molecule has 2 rings (SSSR count). The molecule has 0 heterocycles. The van der Waals surface area contributed by atoms with Gasteiger partial charge in [-0.3, -0.25) is 0 Å². The molecule has 0 amide bonds. The van der Waals surface area contributed by atoms with Gasteiger partial charge in [0.15, 0.2) is 11.5 Å². The molecule has 0 saturated heterocycles. The second-order valence-corrected chi connectivity index (χ2v) is 7.70. The van der Waals surface area contributed by atoms with E-state index in [1.165, 1.54) is 0 Å². The maximum absolute atomic E-state index is 10.1. The van der Waals surface area contributed by atoms with Crippen molar-refractivity contribution in [1.82, 2.24) is 10.6 Å². The first-order valence-corrected chi connectivity index (χ1v) is 9.96. The Morgan fingerprint density at radius 1 is 0.733 bits per heavy atom. The summed E-state index contributed by atoms with van der Waals surface area (Å²) in [6, 6.07) is 12.4. The summed E-state index contributed by atoms with van der Waals surface area (Å²) >= 11 is 0. The Kier molecular flexibility index (Phi) is 14.1. The van der Waals surface area contributed by atoms with Gasteiger partial charge in [-0.15, -0.1) is 24.8 Å². The number of fused-ring (bicyclic) bond motifs is 1. The Morgan fingerprint density at radius 2 is 1.10 bits per heavy atom. The quantitative estimate of drug-likeness (QED) is 0.387. The number of rotatable bonds is 12. The van der Waals surface area contributed by atoms with Crippen LogP contribution in [-0.4, -0.2) is 60.8 Å². The van der Waals surface area contributed by atoms with Crippen molar-refractivity contribution in [3.8, 4) is 11.5 Å². The molecule has 0 bridgehead atoms. The van der Waals surface area contributed by atoms with E-state index in [0.717, 1.165) is 10.8 Å². The van der Waals surface area contributed by atoms with Crippen LogP contribution in [0, 0.1) is 0 Å². The van der Waals surface area contributed by atoms with Crippen molar-refractivity contribution in [2.24, 2.45) is 0 Å². The van der Waals surface area contributed by atoms with E-state index in [9.17, 15) is 10.2 Å². The van der Waals surface area contributed by atoms with Crippen molar-refractivity contribution < 1.29 is 19.7 Å². The minimum absolute atomic E-state index is 0. The summed E-state index contributed by atoms with van der Waals surface area (Å²) in [7, 11) is 0. The van der Waals surface area contributed by atoms with Gasteiger partial charge in [0.2, 0.25) is 0 Å². The third-order valence-electron chi connectivity index (χ3n) is 4.20. The molecule has 2 aromatic rings. The van der Waals surface area contributed by atoms with Crippen LogP contribution >= 0.6 is 24.8 Å².